The molecule has 2 saturated heterocycles. The first-order valence-electron chi connectivity index (χ1n) is 12.8. The number of rotatable bonds is 9. The second-order valence-corrected chi connectivity index (χ2v) is 10.1. The van der Waals surface area contributed by atoms with Gasteiger partial charge in [-0.2, -0.15) is 0 Å². The maximum Gasteiger partial charge on any atom is 0.335 e. The highest BCUT2D eigenvalue weighted by Crippen LogP contribution is 2.38. The summed E-state index contributed by atoms with van der Waals surface area (Å²) in [6.07, 6.45) is -16.3. The van der Waals surface area contributed by atoms with Gasteiger partial charge >= 0.3 is 5.97 Å². The predicted molar refractivity (Wildman–Crippen MR) is 138 cm³/mol. The lowest BCUT2D eigenvalue weighted by Crippen LogP contribution is -2.63. The number of benzene rings is 2. The largest absolute Gasteiger partial charge is 0.494 e. The molecule has 10 atom stereocenters. The molecule has 0 spiro atoms. The van der Waals surface area contributed by atoms with Crippen molar-refractivity contribution in [2.75, 3.05) is 13.2 Å². The normalized spacial score (nSPS) is 34.4. The molecule has 13 heteroatoms. The van der Waals surface area contributed by atoms with Crippen LogP contribution in [-0.2, 0) is 25.4 Å². The first-order chi connectivity index (χ1) is 19.0. The highest BCUT2D eigenvalue weighted by molar-refractivity contribution is 6.31. The molecule has 0 saturated carbocycles. The summed E-state index contributed by atoms with van der Waals surface area (Å²) in [4.78, 5) is 11.5. The number of hydrogen-bond acceptors (Lipinski definition) is 11. The molecule has 40 heavy (non-hydrogen) atoms. The lowest BCUT2D eigenvalue weighted by Gasteiger charge is -2.46. The Balaban J connectivity index is 1.63. The van der Waals surface area contributed by atoms with Crippen molar-refractivity contribution in [2.24, 2.45) is 0 Å². The molecule has 220 valence electrons. The number of aliphatic carboxylic acids is 1. The van der Waals surface area contributed by atoms with Gasteiger partial charge in [-0.3, -0.25) is 0 Å². The molecular formula is C27H33ClO12. The Morgan fingerprint density at radius 3 is 2.25 bits per heavy atom. The monoisotopic (exact) mass is 584 g/mol. The third-order valence-electron chi connectivity index (χ3n) is 7.00. The van der Waals surface area contributed by atoms with Crippen LogP contribution in [0.4, 0.5) is 0 Å². The van der Waals surface area contributed by atoms with E-state index in [1.165, 1.54) is 0 Å². The van der Waals surface area contributed by atoms with Crippen molar-refractivity contribution in [1.29, 1.82) is 0 Å². The van der Waals surface area contributed by atoms with E-state index in [4.69, 9.17) is 30.5 Å². The number of halogens is 1. The van der Waals surface area contributed by atoms with Crippen LogP contribution in [-0.4, -0.2) is 110 Å². The zero-order chi connectivity index (χ0) is 29.1. The average Bonchev–Trinajstić information content (AvgIpc) is 2.93. The van der Waals surface area contributed by atoms with Crippen molar-refractivity contribution in [3.8, 4) is 5.75 Å². The molecule has 2 aliphatic heterocycles. The van der Waals surface area contributed by atoms with Crippen molar-refractivity contribution >= 4 is 17.6 Å². The summed E-state index contributed by atoms with van der Waals surface area (Å²) in [5.74, 6) is -0.889. The molecule has 0 aliphatic carbocycles. The first-order valence-corrected chi connectivity index (χ1v) is 13.1. The summed E-state index contributed by atoms with van der Waals surface area (Å²) < 4.78 is 22.3. The van der Waals surface area contributed by atoms with Crippen molar-refractivity contribution in [3.05, 3.63) is 64.2 Å². The minimum absolute atomic E-state index is 0.417. The van der Waals surface area contributed by atoms with Gasteiger partial charge in [-0.05, 0) is 48.2 Å². The second kappa shape index (κ2) is 13.1. The molecule has 2 aromatic rings. The van der Waals surface area contributed by atoms with E-state index in [2.05, 4.69) is 0 Å². The number of aliphatic hydroxyl groups excluding tert-OH is 6. The van der Waals surface area contributed by atoms with E-state index < -0.39 is 73.8 Å². The molecule has 2 aliphatic rings. The predicted octanol–water partition coefficient (Wildman–Crippen LogP) is -0.239. The minimum atomic E-state index is -1.94. The number of ether oxygens (including phenoxy) is 4. The van der Waals surface area contributed by atoms with E-state index in [9.17, 15) is 40.5 Å². The van der Waals surface area contributed by atoms with Gasteiger partial charge < -0.3 is 54.7 Å². The fourth-order valence-electron chi connectivity index (χ4n) is 4.83. The fourth-order valence-corrected chi connectivity index (χ4v) is 5.01. The van der Waals surface area contributed by atoms with Gasteiger partial charge in [-0.1, -0.05) is 35.9 Å². The molecule has 2 fully saturated rings. The summed E-state index contributed by atoms with van der Waals surface area (Å²) >= 11 is 6.47. The van der Waals surface area contributed by atoms with Crippen molar-refractivity contribution in [3.63, 3.8) is 0 Å². The summed E-state index contributed by atoms with van der Waals surface area (Å²) in [6, 6.07) is 12.4. The number of hydrogen-bond donors (Lipinski definition) is 7. The summed E-state index contributed by atoms with van der Waals surface area (Å²) in [7, 11) is 0. The molecule has 0 amide bonds. The van der Waals surface area contributed by atoms with Crippen molar-refractivity contribution in [1.82, 2.24) is 0 Å². The maximum atomic E-state index is 11.5. The third kappa shape index (κ3) is 6.42. The van der Waals surface area contributed by atoms with Crippen LogP contribution in [0, 0.1) is 0 Å². The van der Waals surface area contributed by atoms with Gasteiger partial charge in [-0.15, -0.1) is 0 Å². The van der Waals surface area contributed by atoms with Gasteiger partial charge in [-0.25, -0.2) is 4.79 Å². The van der Waals surface area contributed by atoms with E-state index in [0.29, 0.717) is 29.2 Å². The lowest BCUT2D eigenvalue weighted by atomic mass is 9.89. The highest BCUT2D eigenvalue weighted by atomic mass is 35.5. The fraction of sp³-hybridized carbons (Fsp3) is 0.519. The van der Waals surface area contributed by atoms with Crippen LogP contribution < -0.4 is 4.74 Å². The van der Waals surface area contributed by atoms with Crippen molar-refractivity contribution in [2.45, 2.75) is 74.6 Å². The van der Waals surface area contributed by atoms with Gasteiger partial charge in [0.05, 0.1) is 13.2 Å². The smallest absolute Gasteiger partial charge is 0.335 e. The number of aliphatic hydroxyl groups is 6. The van der Waals surface area contributed by atoms with Crippen LogP contribution in [0.5, 0.6) is 5.75 Å². The SMILES string of the molecule is CCOc1ccc(Cc2cc([C@@H]3O[C@H](CO)[C@@H](O)[C@H](O)[C@H]3O[C@H]3O[C@@H](C(=O)O)[C@H](O)[C@@H](O)[C@@H]3O)ccc2Cl)cc1. The number of carboxylic acid groups (broad SMARTS) is 1. The lowest BCUT2D eigenvalue weighted by molar-refractivity contribution is -0.337. The Kier molecular flexibility index (Phi) is 10.0. The first kappa shape index (κ1) is 30.6. The van der Waals surface area contributed by atoms with Crippen LogP contribution >= 0.6 is 11.6 Å². The Morgan fingerprint density at radius 2 is 1.62 bits per heavy atom. The van der Waals surface area contributed by atoms with E-state index in [1.54, 1.807) is 18.2 Å². The molecular weight excluding hydrogens is 552 g/mol. The van der Waals surface area contributed by atoms with Gasteiger partial charge in [0.25, 0.3) is 0 Å². The van der Waals surface area contributed by atoms with Gasteiger partial charge in [0, 0.05) is 5.02 Å². The third-order valence-corrected chi connectivity index (χ3v) is 7.37. The molecule has 0 unspecified atom stereocenters. The molecule has 0 aromatic heterocycles. The van der Waals surface area contributed by atoms with E-state index in [1.807, 2.05) is 31.2 Å². The van der Waals surface area contributed by atoms with E-state index >= 15 is 0 Å². The van der Waals surface area contributed by atoms with Crippen molar-refractivity contribution < 1.29 is 59.5 Å². The summed E-state index contributed by atoms with van der Waals surface area (Å²) in [5.41, 5.74) is 2.04. The minimum Gasteiger partial charge on any atom is -0.494 e. The van der Waals surface area contributed by atoms with Crippen LogP contribution in [0.3, 0.4) is 0 Å². The van der Waals surface area contributed by atoms with Crippen LogP contribution in [0.25, 0.3) is 0 Å². The molecule has 2 heterocycles. The van der Waals surface area contributed by atoms with Crippen LogP contribution in [0.1, 0.15) is 29.7 Å². The van der Waals surface area contributed by atoms with Gasteiger partial charge in [0.2, 0.25) is 0 Å². The maximum absolute atomic E-state index is 11.5. The Bertz CT molecular complexity index is 1150. The highest BCUT2D eigenvalue weighted by Gasteiger charge is 2.52. The molecule has 12 nitrogen and oxygen atoms in total. The summed E-state index contributed by atoms with van der Waals surface area (Å²) in [5, 5.41) is 71.6. The standard InChI is InChI=1S/C27H33ClO12/c1-2-37-15-6-3-12(4-7-15)9-14-10-13(5-8-16(14)28)23-24(20(32)18(30)17(11-29)38-23)39-27-22(34)19(31)21(33)25(40-27)26(35)36/h3-8,10,17-25,27,29-34H,2,9,11H2,1H3,(H,35,36)/t17-,18-,19-,20+,21-,22+,23+,24-,25-,27+/m1/s1. The van der Waals surface area contributed by atoms with Crippen LogP contribution in [0.2, 0.25) is 5.02 Å². The molecule has 2 aromatic carbocycles. The van der Waals surface area contributed by atoms with E-state index in [0.717, 1.165) is 11.3 Å². The molecule has 0 bridgehead atoms. The Labute approximate surface area is 234 Å². The van der Waals surface area contributed by atoms with Gasteiger partial charge in [0.1, 0.15) is 54.6 Å². The second-order valence-electron chi connectivity index (χ2n) is 9.70. The summed E-state index contributed by atoms with van der Waals surface area (Å²) in [6.45, 7) is 1.78. The average molecular weight is 585 g/mol. The molecule has 0 radical (unpaired) electrons. The number of carboxylic acids is 1. The zero-order valence-corrected chi connectivity index (χ0v) is 22.2. The topological polar surface area (TPSA) is 196 Å². The van der Waals surface area contributed by atoms with E-state index in [-0.39, 0.29) is 0 Å². The molecule has 4 rings (SSSR count). The number of carbonyl (C=O) groups is 1. The van der Waals surface area contributed by atoms with Crippen LogP contribution in [0.15, 0.2) is 42.5 Å². The quantitative estimate of drug-likeness (QED) is 0.205. The zero-order valence-electron chi connectivity index (χ0n) is 21.5. The molecule has 7 N–H and O–H groups in total. The Hall–Kier alpha value is -2.36. The Morgan fingerprint density at radius 1 is 0.925 bits per heavy atom. The van der Waals surface area contributed by atoms with Gasteiger partial charge in [0.15, 0.2) is 12.4 Å².